The number of nitrogens with one attached hydrogen (secondary N) is 1. The molecule has 1 aromatic heterocycles. The number of carbonyl (C=O) groups is 1. The second kappa shape index (κ2) is 11.1. The van der Waals surface area contributed by atoms with Crippen LogP contribution in [-0.4, -0.2) is 96.7 Å². The highest BCUT2D eigenvalue weighted by atomic mass is 31.3. The minimum absolute atomic E-state index is 0.670. The molecule has 37 heavy (non-hydrogen) atoms. The third-order valence-corrected chi connectivity index (χ3v) is 7.63. The molecule has 2 fully saturated rings. The van der Waals surface area contributed by atoms with Gasteiger partial charge >= 0.3 is 5.69 Å². The van der Waals surface area contributed by atoms with E-state index in [4.69, 9.17) is 4.74 Å². The largest absolute Gasteiger partial charge is 0.756 e. The van der Waals surface area contributed by atoms with Crippen LogP contribution in [0.25, 0.3) is 0 Å². The Hall–Kier alpha value is -1.87. The predicted molar refractivity (Wildman–Crippen MR) is 102 cm³/mol. The van der Waals surface area contributed by atoms with Crippen LogP contribution in [0.3, 0.4) is 0 Å². The fraction of sp³-hybridized carbons (Fsp3) is 0.667. The number of carbonyl (C=O) groups excluding carboxylic acids is 1. The predicted octanol–water partition coefficient (Wildman–Crippen LogP) is -7.30. The minimum Gasteiger partial charge on any atom is -0.756 e. The van der Waals surface area contributed by atoms with E-state index in [1.54, 1.807) is 0 Å². The molecular formula is C15H19N2O18P2-3. The van der Waals surface area contributed by atoms with Crippen LogP contribution in [0.2, 0.25) is 0 Å². The lowest BCUT2D eigenvalue weighted by Crippen LogP contribution is -2.62. The number of rotatable bonds is 9. The van der Waals surface area contributed by atoms with Crippen LogP contribution in [-0.2, 0) is 36.8 Å². The summed E-state index contributed by atoms with van der Waals surface area (Å²) in [5.74, 6) is -2.13. The summed E-state index contributed by atoms with van der Waals surface area (Å²) in [6.45, 7) is -1.17. The van der Waals surface area contributed by atoms with Crippen molar-refractivity contribution in [3.05, 3.63) is 33.1 Å². The molecule has 3 rings (SSSR count). The van der Waals surface area contributed by atoms with Gasteiger partial charge in [0, 0.05) is 12.3 Å². The standard InChI is InChI=1S/C15H22N2O18P2/c18-5-1-2-17(15(26)16-5)12-9(22)6(19)4(32-12)3-31-36(27,28)35-37(29,30)34-14-10(23)7(20)8(21)11(33-14)13(24)25/h1-2,4,6-12,14,19-23H,3H2,(H,24,25)(H,27,28)(H,29,30)(H,16,18,26)/p-3. The van der Waals surface area contributed by atoms with E-state index in [1.807, 2.05) is 4.98 Å². The van der Waals surface area contributed by atoms with Crippen molar-refractivity contribution in [2.45, 2.75) is 55.2 Å². The third kappa shape index (κ3) is 6.77. The van der Waals surface area contributed by atoms with E-state index in [9.17, 15) is 63.9 Å². The molecule has 210 valence electrons. The number of phosphoric ester groups is 2. The highest BCUT2D eigenvalue weighted by molar-refractivity contribution is 7.59. The number of hydrogen-bond donors (Lipinski definition) is 6. The molecule has 20 nitrogen and oxygen atoms in total. The molecule has 11 atom stereocenters. The zero-order valence-electron chi connectivity index (χ0n) is 17.9. The lowest BCUT2D eigenvalue weighted by molar-refractivity contribution is -0.348. The number of aliphatic carboxylic acids is 1. The Balaban J connectivity index is 1.63. The van der Waals surface area contributed by atoms with E-state index in [0.29, 0.717) is 4.57 Å². The Labute approximate surface area is 204 Å². The number of nitrogens with zero attached hydrogens (tertiary/aromatic N) is 1. The van der Waals surface area contributed by atoms with Crippen molar-refractivity contribution in [3.8, 4) is 0 Å². The number of carboxylic acids is 1. The van der Waals surface area contributed by atoms with E-state index in [1.165, 1.54) is 0 Å². The number of H-pyrrole nitrogens is 1. The summed E-state index contributed by atoms with van der Waals surface area (Å²) in [6, 6.07) is 0.890. The Kier molecular flexibility index (Phi) is 8.89. The first kappa shape index (κ1) is 29.7. The number of carboxylic acid groups (broad SMARTS) is 1. The van der Waals surface area contributed by atoms with Crippen molar-refractivity contribution in [1.82, 2.24) is 9.55 Å². The maximum atomic E-state index is 12.0. The van der Waals surface area contributed by atoms with Crippen molar-refractivity contribution in [2.24, 2.45) is 0 Å². The smallest absolute Gasteiger partial charge is 0.330 e. The molecule has 2 aliphatic heterocycles. The number of ether oxygens (including phenoxy) is 2. The van der Waals surface area contributed by atoms with Gasteiger partial charge in [0.15, 0.2) is 12.5 Å². The quantitative estimate of drug-likeness (QED) is 0.148. The van der Waals surface area contributed by atoms with Crippen molar-refractivity contribution < 1.29 is 77.2 Å². The molecule has 6 N–H and O–H groups in total. The zero-order chi connectivity index (χ0) is 27.9. The van der Waals surface area contributed by atoms with Crippen molar-refractivity contribution in [1.29, 1.82) is 0 Å². The van der Waals surface area contributed by atoms with Gasteiger partial charge in [0.25, 0.3) is 21.2 Å². The molecule has 0 bridgehead atoms. The summed E-state index contributed by atoms with van der Waals surface area (Å²) in [6.07, 6.45) is -18.0. The Morgan fingerprint density at radius 2 is 1.65 bits per heavy atom. The Morgan fingerprint density at radius 3 is 2.24 bits per heavy atom. The first-order valence-electron chi connectivity index (χ1n) is 9.93. The van der Waals surface area contributed by atoms with E-state index >= 15 is 0 Å². The Morgan fingerprint density at radius 1 is 1.00 bits per heavy atom. The SMILES string of the molecule is O=C([O-])C1OC(OP(=O)([O-])OP(=O)([O-])OCC2OC(n3ccc(=O)[nH]c3=O)C(O)C2O)C(O)C(O)C1O. The summed E-state index contributed by atoms with van der Waals surface area (Å²) in [7, 11) is -11.9. The van der Waals surface area contributed by atoms with Gasteiger partial charge in [-0.25, -0.2) is 9.11 Å². The van der Waals surface area contributed by atoms with Crippen LogP contribution >= 0.6 is 15.6 Å². The number of aromatic amines is 1. The summed E-state index contributed by atoms with van der Waals surface area (Å²) >= 11 is 0. The van der Waals surface area contributed by atoms with Crippen LogP contribution in [0.4, 0.5) is 0 Å². The van der Waals surface area contributed by atoms with Crippen molar-refractivity contribution >= 4 is 21.6 Å². The van der Waals surface area contributed by atoms with Gasteiger partial charge in [0.1, 0.15) is 42.7 Å². The molecule has 0 aromatic carbocycles. The molecule has 0 amide bonds. The number of hydrogen-bond acceptors (Lipinski definition) is 18. The minimum atomic E-state index is -6.06. The maximum Gasteiger partial charge on any atom is 0.330 e. The fourth-order valence-corrected chi connectivity index (χ4v) is 5.39. The van der Waals surface area contributed by atoms with E-state index in [2.05, 4.69) is 18.1 Å². The van der Waals surface area contributed by atoms with Crippen LogP contribution in [0.5, 0.6) is 0 Å². The van der Waals surface area contributed by atoms with Gasteiger partial charge in [-0.1, -0.05) is 0 Å². The van der Waals surface area contributed by atoms with E-state index in [-0.39, 0.29) is 0 Å². The summed E-state index contributed by atoms with van der Waals surface area (Å²) in [5.41, 5.74) is -1.83. The number of aliphatic hydroxyl groups excluding tert-OH is 5. The molecule has 3 heterocycles. The second-order valence-corrected chi connectivity index (χ2v) is 10.6. The summed E-state index contributed by atoms with van der Waals surface area (Å²) in [4.78, 5) is 59.8. The molecule has 2 aliphatic rings. The molecule has 0 saturated carbocycles. The first-order chi connectivity index (χ1) is 17.0. The highest BCUT2D eigenvalue weighted by Crippen LogP contribution is 2.57. The average molecular weight is 577 g/mol. The van der Waals surface area contributed by atoms with Gasteiger partial charge < -0.3 is 59.2 Å². The molecule has 2 saturated heterocycles. The van der Waals surface area contributed by atoms with Gasteiger partial charge in [0.2, 0.25) is 0 Å². The van der Waals surface area contributed by atoms with Crippen molar-refractivity contribution in [3.63, 3.8) is 0 Å². The topological polar surface area (TPSA) is 323 Å². The molecule has 1 aromatic rings. The average Bonchev–Trinajstić information content (AvgIpc) is 3.05. The van der Waals surface area contributed by atoms with Crippen molar-refractivity contribution in [2.75, 3.05) is 6.61 Å². The molecular weight excluding hydrogens is 558 g/mol. The first-order valence-corrected chi connectivity index (χ1v) is 12.8. The highest BCUT2D eigenvalue weighted by Gasteiger charge is 2.47. The van der Waals surface area contributed by atoms with Gasteiger partial charge in [-0.15, -0.1) is 0 Å². The van der Waals surface area contributed by atoms with Gasteiger partial charge in [-0.05, 0) is 0 Å². The molecule has 0 spiro atoms. The van der Waals surface area contributed by atoms with E-state index < -0.39 is 94.7 Å². The monoisotopic (exact) mass is 577 g/mol. The van der Waals surface area contributed by atoms with Gasteiger partial charge in [0.05, 0.1) is 12.6 Å². The molecule has 22 heteroatoms. The van der Waals surface area contributed by atoms with E-state index in [0.717, 1.165) is 12.3 Å². The number of aliphatic hydroxyl groups is 5. The number of aromatic nitrogens is 2. The van der Waals surface area contributed by atoms with Crippen LogP contribution < -0.4 is 26.1 Å². The Bertz CT molecular complexity index is 1200. The molecule has 0 radical (unpaired) electrons. The second-order valence-electron chi connectivity index (χ2n) is 7.66. The number of phosphoric acid groups is 2. The van der Waals surface area contributed by atoms with Crippen LogP contribution in [0.1, 0.15) is 6.23 Å². The summed E-state index contributed by atoms with van der Waals surface area (Å²) < 4.78 is 46.5. The van der Waals surface area contributed by atoms with Gasteiger partial charge in [-0.2, -0.15) is 0 Å². The zero-order valence-corrected chi connectivity index (χ0v) is 19.7. The summed E-state index contributed by atoms with van der Waals surface area (Å²) in [5, 5.41) is 60.0. The maximum absolute atomic E-state index is 12.0. The van der Waals surface area contributed by atoms with Crippen LogP contribution in [0.15, 0.2) is 21.9 Å². The van der Waals surface area contributed by atoms with Crippen LogP contribution in [0, 0.1) is 0 Å². The van der Waals surface area contributed by atoms with Gasteiger partial charge in [-0.3, -0.25) is 28.0 Å². The fourth-order valence-electron chi connectivity index (χ4n) is 3.31. The lowest BCUT2D eigenvalue weighted by atomic mass is 9.99. The molecule has 11 unspecified atom stereocenters. The third-order valence-electron chi connectivity index (χ3n) is 5.09. The molecule has 0 aliphatic carbocycles. The normalized spacial score (nSPS) is 37.5. The lowest BCUT2D eigenvalue weighted by Gasteiger charge is -2.42.